The van der Waals surface area contributed by atoms with E-state index >= 15 is 0 Å². The Balaban J connectivity index is 1.32. The third-order valence-corrected chi connectivity index (χ3v) is 5.61. The topological polar surface area (TPSA) is 104 Å². The first-order chi connectivity index (χ1) is 16.0. The Bertz CT molecular complexity index is 1100. The normalized spacial score (nSPS) is 16.2. The standard InChI is InChI=1S/C25H26N4O4/c1-17(26-23(30)21-9-5-15-29(21)24(31)22-10-6-16-33-22)18-11-13-20(14-12-18)28-25(32)27-19-7-3-2-4-8-19/h2-4,6-8,10-14,16-17,21H,5,9,15H2,1H3,(H,26,30)(H2,27,28,32). The van der Waals surface area contributed by atoms with E-state index in [1.54, 1.807) is 41.3 Å². The minimum atomic E-state index is -0.521. The number of likely N-dealkylation sites (tertiary alicyclic amines) is 1. The van der Waals surface area contributed by atoms with Gasteiger partial charge in [0.2, 0.25) is 5.91 Å². The van der Waals surface area contributed by atoms with E-state index in [2.05, 4.69) is 16.0 Å². The van der Waals surface area contributed by atoms with Gasteiger partial charge in [-0.25, -0.2) is 4.79 Å². The van der Waals surface area contributed by atoms with Crippen LogP contribution in [-0.2, 0) is 4.79 Å². The number of carbonyl (C=O) groups is 3. The number of para-hydroxylation sites is 1. The van der Waals surface area contributed by atoms with Crippen molar-refractivity contribution in [3.63, 3.8) is 0 Å². The van der Waals surface area contributed by atoms with Crippen molar-refractivity contribution in [3.05, 3.63) is 84.3 Å². The fourth-order valence-electron chi connectivity index (χ4n) is 3.89. The quantitative estimate of drug-likeness (QED) is 0.522. The molecule has 170 valence electrons. The maximum atomic E-state index is 12.9. The molecular formula is C25H26N4O4. The molecule has 3 aromatic rings. The van der Waals surface area contributed by atoms with Crippen molar-refractivity contribution in [2.75, 3.05) is 17.2 Å². The van der Waals surface area contributed by atoms with Crippen LogP contribution in [0, 0.1) is 0 Å². The summed E-state index contributed by atoms with van der Waals surface area (Å²) in [7, 11) is 0. The molecule has 0 radical (unpaired) electrons. The molecule has 33 heavy (non-hydrogen) atoms. The van der Waals surface area contributed by atoms with E-state index in [0.29, 0.717) is 24.3 Å². The zero-order valence-corrected chi connectivity index (χ0v) is 18.3. The van der Waals surface area contributed by atoms with Crippen LogP contribution in [0.4, 0.5) is 16.2 Å². The monoisotopic (exact) mass is 446 g/mol. The van der Waals surface area contributed by atoms with Crippen LogP contribution in [0.15, 0.2) is 77.4 Å². The van der Waals surface area contributed by atoms with E-state index in [-0.39, 0.29) is 29.6 Å². The van der Waals surface area contributed by atoms with Crippen molar-refractivity contribution in [1.82, 2.24) is 10.2 Å². The lowest BCUT2D eigenvalue weighted by Crippen LogP contribution is -2.46. The van der Waals surface area contributed by atoms with Gasteiger partial charge in [0.15, 0.2) is 5.76 Å². The minimum Gasteiger partial charge on any atom is -0.459 e. The summed E-state index contributed by atoms with van der Waals surface area (Å²) < 4.78 is 5.20. The summed E-state index contributed by atoms with van der Waals surface area (Å²) in [6, 6.07) is 18.6. The van der Waals surface area contributed by atoms with E-state index in [1.165, 1.54) is 6.26 Å². The Morgan fingerprint density at radius 2 is 1.64 bits per heavy atom. The number of anilines is 2. The Labute approximate surface area is 192 Å². The first-order valence-corrected chi connectivity index (χ1v) is 10.9. The molecule has 0 bridgehead atoms. The molecule has 3 N–H and O–H groups in total. The number of rotatable bonds is 6. The van der Waals surface area contributed by atoms with Gasteiger partial charge in [-0.2, -0.15) is 0 Å². The molecule has 0 aliphatic carbocycles. The van der Waals surface area contributed by atoms with Gasteiger partial charge in [-0.05, 0) is 61.7 Å². The number of hydrogen-bond donors (Lipinski definition) is 3. The van der Waals surface area contributed by atoms with Crippen molar-refractivity contribution < 1.29 is 18.8 Å². The summed E-state index contributed by atoms with van der Waals surface area (Å²) >= 11 is 0. The molecule has 4 amide bonds. The molecule has 2 aromatic carbocycles. The molecule has 1 aromatic heterocycles. The van der Waals surface area contributed by atoms with Crippen LogP contribution in [0.5, 0.6) is 0 Å². The molecular weight excluding hydrogens is 420 g/mol. The van der Waals surface area contributed by atoms with Crippen LogP contribution in [0.25, 0.3) is 0 Å². The van der Waals surface area contributed by atoms with Crippen molar-refractivity contribution in [1.29, 1.82) is 0 Å². The number of furan rings is 1. The zero-order chi connectivity index (χ0) is 23.2. The van der Waals surface area contributed by atoms with Crippen LogP contribution in [-0.4, -0.2) is 35.3 Å². The first-order valence-electron chi connectivity index (χ1n) is 10.9. The van der Waals surface area contributed by atoms with Crippen LogP contribution in [0.1, 0.15) is 41.9 Å². The Kier molecular flexibility index (Phi) is 6.73. The van der Waals surface area contributed by atoms with Crippen LogP contribution in [0.3, 0.4) is 0 Å². The van der Waals surface area contributed by atoms with Gasteiger partial charge >= 0.3 is 6.03 Å². The molecule has 4 rings (SSSR count). The lowest BCUT2D eigenvalue weighted by Gasteiger charge is -2.25. The average Bonchev–Trinajstić information content (AvgIpc) is 3.52. The third kappa shape index (κ3) is 5.41. The molecule has 8 nitrogen and oxygen atoms in total. The van der Waals surface area contributed by atoms with Crippen molar-refractivity contribution in [3.8, 4) is 0 Å². The van der Waals surface area contributed by atoms with E-state index < -0.39 is 6.04 Å². The van der Waals surface area contributed by atoms with Crippen molar-refractivity contribution >= 4 is 29.2 Å². The van der Waals surface area contributed by atoms with Gasteiger partial charge in [0.25, 0.3) is 5.91 Å². The number of amides is 4. The summed E-state index contributed by atoms with van der Waals surface area (Å²) in [5, 5.41) is 8.54. The maximum Gasteiger partial charge on any atom is 0.323 e. The number of carbonyl (C=O) groups excluding carboxylic acids is 3. The van der Waals surface area contributed by atoms with Gasteiger partial charge in [0.05, 0.1) is 12.3 Å². The lowest BCUT2D eigenvalue weighted by atomic mass is 10.1. The fourth-order valence-corrected chi connectivity index (χ4v) is 3.89. The average molecular weight is 447 g/mol. The van der Waals surface area contributed by atoms with Crippen LogP contribution in [0.2, 0.25) is 0 Å². The molecule has 8 heteroatoms. The second kappa shape index (κ2) is 10.0. The summed E-state index contributed by atoms with van der Waals surface area (Å²) in [6.07, 6.45) is 2.83. The number of urea groups is 1. The van der Waals surface area contributed by atoms with Crippen molar-refractivity contribution in [2.24, 2.45) is 0 Å². The zero-order valence-electron chi connectivity index (χ0n) is 18.3. The first kappa shape index (κ1) is 22.1. The Hall–Kier alpha value is -4.07. The second-order valence-electron chi connectivity index (χ2n) is 7.93. The molecule has 2 unspecified atom stereocenters. The highest BCUT2D eigenvalue weighted by Crippen LogP contribution is 2.22. The van der Waals surface area contributed by atoms with E-state index in [4.69, 9.17) is 4.42 Å². The molecule has 1 aliphatic rings. The van der Waals surface area contributed by atoms with Gasteiger partial charge in [-0.15, -0.1) is 0 Å². The third-order valence-electron chi connectivity index (χ3n) is 5.61. The molecule has 1 fully saturated rings. The highest BCUT2D eigenvalue weighted by atomic mass is 16.3. The molecule has 2 atom stereocenters. The number of nitrogens with one attached hydrogen (secondary N) is 3. The van der Waals surface area contributed by atoms with Gasteiger partial charge in [-0.1, -0.05) is 30.3 Å². The van der Waals surface area contributed by atoms with Gasteiger partial charge < -0.3 is 25.3 Å². The van der Waals surface area contributed by atoms with Gasteiger partial charge in [0, 0.05) is 17.9 Å². The van der Waals surface area contributed by atoms with Gasteiger partial charge in [0.1, 0.15) is 6.04 Å². The predicted octanol–water partition coefficient (Wildman–Crippen LogP) is 4.41. The summed E-state index contributed by atoms with van der Waals surface area (Å²) in [4.78, 5) is 39.2. The summed E-state index contributed by atoms with van der Waals surface area (Å²) in [5.41, 5.74) is 2.23. The van der Waals surface area contributed by atoms with Crippen LogP contribution < -0.4 is 16.0 Å². The number of hydrogen-bond acceptors (Lipinski definition) is 4. The SMILES string of the molecule is CC(NC(=O)C1CCCN1C(=O)c1ccco1)c1ccc(NC(=O)Nc2ccccc2)cc1. The number of benzene rings is 2. The van der Waals surface area contributed by atoms with E-state index in [0.717, 1.165) is 12.0 Å². The smallest absolute Gasteiger partial charge is 0.323 e. The molecule has 0 spiro atoms. The van der Waals surface area contributed by atoms with Gasteiger partial charge in [-0.3, -0.25) is 9.59 Å². The Morgan fingerprint density at radius 3 is 2.30 bits per heavy atom. The number of nitrogens with zero attached hydrogens (tertiary/aromatic N) is 1. The molecule has 0 saturated carbocycles. The maximum absolute atomic E-state index is 12.9. The Morgan fingerprint density at radius 1 is 0.939 bits per heavy atom. The highest BCUT2D eigenvalue weighted by molar-refractivity contribution is 5.99. The van der Waals surface area contributed by atoms with E-state index in [9.17, 15) is 14.4 Å². The lowest BCUT2D eigenvalue weighted by molar-refractivity contribution is -0.125. The second-order valence-corrected chi connectivity index (χ2v) is 7.93. The largest absolute Gasteiger partial charge is 0.459 e. The van der Waals surface area contributed by atoms with Crippen molar-refractivity contribution in [2.45, 2.75) is 31.8 Å². The predicted molar refractivity (Wildman–Crippen MR) is 125 cm³/mol. The summed E-state index contributed by atoms with van der Waals surface area (Å²) in [6.45, 7) is 2.41. The minimum absolute atomic E-state index is 0.190. The molecule has 1 saturated heterocycles. The highest BCUT2D eigenvalue weighted by Gasteiger charge is 2.36. The molecule has 2 heterocycles. The van der Waals surface area contributed by atoms with E-state index in [1.807, 2.05) is 37.3 Å². The van der Waals surface area contributed by atoms with Crippen LogP contribution >= 0.6 is 0 Å². The molecule has 1 aliphatic heterocycles. The summed E-state index contributed by atoms with van der Waals surface area (Å²) in [5.74, 6) is -0.221. The fraction of sp³-hybridized carbons (Fsp3) is 0.240.